The monoisotopic (exact) mass is 1100 g/mol. The van der Waals surface area contributed by atoms with Crippen LogP contribution >= 0.6 is 0 Å². The van der Waals surface area contributed by atoms with Crippen molar-refractivity contribution in [2.75, 3.05) is 4.90 Å². The summed E-state index contributed by atoms with van der Waals surface area (Å²) in [4.78, 5) is 20.2. The minimum atomic E-state index is -2.27. The summed E-state index contributed by atoms with van der Waals surface area (Å²) < 4.78 is 2.34. The van der Waals surface area contributed by atoms with E-state index in [1.54, 1.807) is 0 Å². The number of benzene rings is 12. The maximum absolute atomic E-state index is 5.88. The summed E-state index contributed by atoms with van der Waals surface area (Å²) in [5.41, 5.74) is 26.5. The van der Waals surface area contributed by atoms with Gasteiger partial charge in [0.1, 0.15) is 8.07 Å². The molecule has 0 N–H and O–H groups in total. The molecule has 0 saturated heterocycles. The van der Waals surface area contributed by atoms with Gasteiger partial charge in [0.25, 0.3) is 0 Å². The Labute approximate surface area is 493 Å². The average Bonchev–Trinajstić information content (AvgIpc) is 1.58. The topological polar surface area (TPSA) is 46.8 Å². The molecule has 12 aromatic carbocycles. The number of rotatable bonds is 4. The minimum absolute atomic E-state index is 0.549. The zero-order chi connectivity index (χ0) is 55.9. The number of fused-ring (bicyclic) bond motifs is 26. The molecule has 1 aliphatic heterocycles. The molecule has 14 aromatic rings. The highest BCUT2D eigenvalue weighted by atomic mass is 28.3. The van der Waals surface area contributed by atoms with E-state index in [-0.39, 0.29) is 0 Å². The van der Waals surface area contributed by atoms with E-state index in [1.165, 1.54) is 105 Å². The molecule has 2 spiro atoms. The van der Waals surface area contributed by atoms with E-state index in [2.05, 4.69) is 296 Å². The first-order chi connectivity index (χ1) is 42.0. The van der Waals surface area contributed by atoms with Gasteiger partial charge in [-0.1, -0.05) is 256 Å². The smallest absolute Gasteiger partial charge is 0.238 e. The number of aromatic nitrogens is 4. The van der Waals surface area contributed by atoms with E-state index in [1.807, 2.05) is 0 Å². The first-order valence-corrected chi connectivity index (χ1v) is 32.6. The van der Waals surface area contributed by atoms with Gasteiger partial charge in [0.2, 0.25) is 5.95 Å². The SMILES string of the molecule is C[Si]1(C)c2ccccc2N(c2ccccc2)c2c1ccc1c2c2ccccc2n1-c1nc(-c2cccc3c2-c2ccccc2C32c3ccccc3-c3ccccc32)nc(-c2cccc3c2-c2ccccc2C32c3ccccc3-c3ccccc32)n1. The van der Waals surface area contributed by atoms with E-state index in [0.717, 1.165) is 44.4 Å². The third kappa shape index (κ3) is 5.79. The molecule has 5 aliphatic rings. The Morgan fingerprint density at radius 3 is 1.26 bits per heavy atom. The molecule has 0 atom stereocenters. The van der Waals surface area contributed by atoms with E-state index in [4.69, 9.17) is 15.0 Å². The van der Waals surface area contributed by atoms with Crippen LogP contribution in [0.4, 0.5) is 17.1 Å². The molecule has 6 heteroatoms. The summed E-state index contributed by atoms with van der Waals surface area (Å²) in [6.45, 7) is 5.02. The molecule has 2 aromatic heterocycles. The molecule has 4 aliphatic carbocycles. The van der Waals surface area contributed by atoms with Crippen molar-refractivity contribution < 1.29 is 0 Å². The lowest BCUT2D eigenvalue weighted by atomic mass is 9.70. The van der Waals surface area contributed by atoms with Crippen LogP contribution < -0.4 is 15.3 Å². The molecule has 0 unspecified atom stereocenters. The Balaban J connectivity index is 0.928. The lowest BCUT2D eigenvalue weighted by Crippen LogP contribution is -2.58. The number of nitrogens with zero attached hydrogens (tertiary/aromatic N) is 5. The van der Waals surface area contributed by atoms with E-state index in [9.17, 15) is 0 Å². The number of hydrogen-bond acceptors (Lipinski definition) is 4. The van der Waals surface area contributed by atoms with Crippen molar-refractivity contribution in [3.8, 4) is 73.2 Å². The fraction of sp³-hybridized carbons (Fsp3) is 0.0506. The van der Waals surface area contributed by atoms with Gasteiger partial charge in [-0.2, -0.15) is 9.97 Å². The summed E-state index contributed by atoms with van der Waals surface area (Å²) in [5, 5.41) is 5.15. The standard InChI is InChI=1S/C79H51N5Si/c1-85(2)69-45-21-20-44-67(69)83(48-24-4-3-5-25-48)74-70(85)47-46-68-73(74)55-32-12-19-43-66(55)84(68)77-81-75(56-33-22-41-64-71(56)53-30-10-17-39-62(53)78(64)58-35-13-6-26-49(58)50-27-7-14-36-59(50)78)80-76(82-77)57-34-23-42-65-72(57)54-31-11-18-40-63(54)79(65)60-37-15-8-28-51(60)52-29-9-16-38-61(52)79/h3-47H,1-2H3. The highest BCUT2D eigenvalue weighted by Crippen LogP contribution is 2.66. The number of hydrogen-bond donors (Lipinski definition) is 0. The van der Waals surface area contributed by atoms with Gasteiger partial charge in [-0.25, -0.2) is 4.98 Å². The van der Waals surface area contributed by atoms with Crippen LogP contribution in [0.1, 0.15) is 44.5 Å². The van der Waals surface area contributed by atoms with Crippen LogP contribution in [0.5, 0.6) is 0 Å². The summed E-state index contributed by atoms with van der Waals surface area (Å²) in [5.74, 6) is 1.81. The normalized spacial score (nSPS) is 15.0. The molecule has 3 heterocycles. The van der Waals surface area contributed by atoms with Crippen molar-refractivity contribution in [3.63, 3.8) is 0 Å². The van der Waals surface area contributed by atoms with Gasteiger partial charge in [-0.15, -0.1) is 0 Å². The molecule has 19 rings (SSSR count). The summed E-state index contributed by atoms with van der Waals surface area (Å²) in [7, 11) is -2.27. The molecule has 396 valence electrons. The largest absolute Gasteiger partial charge is 0.310 e. The first-order valence-electron chi connectivity index (χ1n) is 29.6. The summed E-state index contributed by atoms with van der Waals surface area (Å²) in [6.07, 6.45) is 0. The van der Waals surface area contributed by atoms with Gasteiger partial charge < -0.3 is 4.90 Å². The Morgan fingerprint density at radius 1 is 0.318 bits per heavy atom. The second-order valence-electron chi connectivity index (χ2n) is 24.0. The third-order valence-electron chi connectivity index (χ3n) is 19.9. The Bertz CT molecular complexity index is 4960. The summed E-state index contributed by atoms with van der Waals surface area (Å²) >= 11 is 0. The molecule has 0 radical (unpaired) electrons. The maximum atomic E-state index is 5.88. The third-order valence-corrected chi connectivity index (χ3v) is 23.4. The van der Waals surface area contributed by atoms with E-state index < -0.39 is 18.9 Å². The molecule has 0 fully saturated rings. The van der Waals surface area contributed by atoms with Gasteiger partial charge in [-0.05, 0) is 130 Å². The lowest BCUT2D eigenvalue weighted by molar-refractivity contribution is 0.793. The molecule has 85 heavy (non-hydrogen) atoms. The Kier molecular flexibility index (Phi) is 9.30. The Morgan fingerprint density at radius 2 is 0.729 bits per heavy atom. The summed E-state index contributed by atoms with van der Waals surface area (Å²) in [6, 6.07) is 102. The van der Waals surface area contributed by atoms with Crippen LogP contribution in [0.25, 0.3) is 95.0 Å². The molecule has 0 saturated carbocycles. The van der Waals surface area contributed by atoms with Gasteiger partial charge in [0.05, 0.1) is 27.6 Å². The fourth-order valence-electron chi connectivity index (χ4n) is 16.7. The maximum Gasteiger partial charge on any atom is 0.238 e. The van der Waals surface area contributed by atoms with Gasteiger partial charge >= 0.3 is 0 Å². The van der Waals surface area contributed by atoms with Crippen molar-refractivity contribution in [1.29, 1.82) is 0 Å². The molecule has 0 bridgehead atoms. The van der Waals surface area contributed by atoms with Crippen LogP contribution in [0.3, 0.4) is 0 Å². The van der Waals surface area contributed by atoms with Crippen molar-refractivity contribution in [1.82, 2.24) is 19.5 Å². The quantitative estimate of drug-likeness (QED) is 0.165. The van der Waals surface area contributed by atoms with Crippen molar-refractivity contribution in [2.45, 2.75) is 23.9 Å². The van der Waals surface area contributed by atoms with Crippen LogP contribution in [0, 0.1) is 0 Å². The van der Waals surface area contributed by atoms with Crippen LogP contribution in [0.2, 0.25) is 13.1 Å². The number of anilines is 3. The zero-order valence-electron chi connectivity index (χ0n) is 46.7. The number of para-hydroxylation sites is 3. The second kappa shape index (κ2) is 16.8. The van der Waals surface area contributed by atoms with Gasteiger partial charge in [0, 0.05) is 33.3 Å². The van der Waals surface area contributed by atoms with E-state index in [0.29, 0.717) is 17.6 Å². The minimum Gasteiger partial charge on any atom is -0.310 e. The van der Waals surface area contributed by atoms with Crippen molar-refractivity contribution in [3.05, 3.63) is 317 Å². The average molecular weight is 1100 g/mol. The van der Waals surface area contributed by atoms with Gasteiger partial charge in [0.15, 0.2) is 11.6 Å². The second-order valence-corrected chi connectivity index (χ2v) is 28.4. The van der Waals surface area contributed by atoms with Crippen molar-refractivity contribution >= 4 is 57.3 Å². The molecule has 5 nitrogen and oxygen atoms in total. The molecular formula is C79H51N5Si. The first kappa shape index (κ1) is 47.0. The predicted molar refractivity (Wildman–Crippen MR) is 349 cm³/mol. The van der Waals surface area contributed by atoms with Crippen LogP contribution in [-0.4, -0.2) is 27.6 Å². The molecule has 0 amide bonds. The highest BCUT2D eigenvalue weighted by Gasteiger charge is 2.54. The molecular weight excluding hydrogens is 1050 g/mol. The van der Waals surface area contributed by atoms with E-state index >= 15 is 0 Å². The highest BCUT2D eigenvalue weighted by molar-refractivity contribution is 7.03. The Hall–Kier alpha value is -10.5. The van der Waals surface area contributed by atoms with Crippen LogP contribution in [-0.2, 0) is 10.8 Å². The fourth-order valence-corrected chi connectivity index (χ4v) is 19.6. The lowest BCUT2D eigenvalue weighted by Gasteiger charge is -2.41. The predicted octanol–water partition coefficient (Wildman–Crippen LogP) is 17.6. The van der Waals surface area contributed by atoms with Crippen LogP contribution in [0.15, 0.2) is 273 Å². The zero-order valence-corrected chi connectivity index (χ0v) is 47.7. The van der Waals surface area contributed by atoms with Crippen molar-refractivity contribution in [2.24, 2.45) is 0 Å². The van der Waals surface area contributed by atoms with Gasteiger partial charge in [-0.3, -0.25) is 4.57 Å².